The second-order valence-electron chi connectivity index (χ2n) is 5.76. The van der Waals surface area contributed by atoms with E-state index in [1.807, 2.05) is 30.6 Å². The number of methoxy groups -OCH3 is 1. The Kier molecular flexibility index (Phi) is 6.85. The van der Waals surface area contributed by atoms with Crippen molar-refractivity contribution in [3.8, 4) is 5.75 Å². The molecule has 1 aliphatic heterocycles. The molecule has 3 rings (SSSR count). The largest absolute Gasteiger partial charge is 0.496 e. The number of hydrogen-bond acceptors (Lipinski definition) is 4. The van der Waals surface area contributed by atoms with E-state index in [9.17, 15) is 0 Å². The van der Waals surface area contributed by atoms with Gasteiger partial charge in [0.15, 0.2) is 0 Å². The van der Waals surface area contributed by atoms with Crippen LogP contribution in [-0.4, -0.2) is 47.7 Å². The highest BCUT2D eigenvalue weighted by Crippen LogP contribution is 2.21. The molecule has 1 aliphatic rings. The number of hydrogen-bond donors (Lipinski definition) is 1. The first-order valence-corrected chi connectivity index (χ1v) is 8.01. The maximum atomic E-state index is 5.40. The number of ether oxygens (including phenoxy) is 1. The molecule has 24 heavy (non-hydrogen) atoms. The molecule has 2 aromatic rings. The van der Waals surface area contributed by atoms with Crippen molar-refractivity contribution < 1.29 is 4.74 Å². The SMILES string of the molecule is COc1ccccc1/C=C/CN1CCNCC1c1nccn1C.Cl. The smallest absolute Gasteiger partial charge is 0.127 e. The molecule has 5 nitrogen and oxygen atoms in total. The number of nitrogens with zero attached hydrogens (tertiary/aromatic N) is 3. The summed E-state index contributed by atoms with van der Waals surface area (Å²) in [6, 6.07) is 8.39. The Morgan fingerprint density at radius 3 is 2.96 bits per heavy atom. The number of aromatic nitrogens is 2. The van der Waals surface area contributed by atoms with E-state index >= 15 is 0 Å². The molecule has 0 bridgehead atoms. The quantitative estimate of drug-likeness (QED) is 0.901. The Balaban J connectivity index is 0.00000208. The molecule has 2 heterocycles. The average Bonchev–Trinajstić information content (AvgIpc) is 3.01. The Labute approximate surface area is 149 Å². The number of nitrogens with one attached hydrogen (secondary N) is 1. The molecule has 1 atom stereocenters. The van der Waals surface area contributed by atoms with Crippen LogP contribution in [0.1, 0.15) is 17.4 Å². The van der Waals surface area contributed by atoms with Gasteiger partial charge in [0.2, 0.25) is 0 Å². The van der Waals surface area contributed by atoms with Crippen molar-refractivity contribution in [2.75, 3.05) is 33.3 Å². The van der Waals surface area contributed by atoms with Crippen molar-refractivity contribution in [2.45, 2.75) is 6.04 Å². The summed E-state index contributed by atoms with van der Waals surface area (Å²) in [6.07, 6.45) is 8.22. The topological polar surface area (TPSA) is 42.3 Å². The molecule has 6 heteroatoms. The van der Waals surface area contributed by atoms with Gasteiger partial charge in [-0.25, -0.2) is 4.98 Å². The average molecular weight is 349 g/mol. The molecular weight excluding hydrogens is 324 g/mol. The fourth-order valence-corrected chi connectivity index (χ4v) is 3.04. The Morgan fingerprint density at radius 2 is 2.21 bits per heavy atom. The number of imidazole rings is 1. The predicted molar refractivity (Wildman–Crippen MR) is 99.7 cm³/mol. The standard InChI is InChI=1S/C18H24N4O.ClH/c1-21-12-10-20-18(21)16-14-19-9-13-22(16)11-5-7-15-6-3-4-8-17(15)23-2;/h3-8,10,12,16,19H,9,11,13-14H2,1-2H3;1H/b7-5+;. The van der Waals surface area contributed by atoms with Crippen molar-refractivity contribution in [3.63, 3.8) is 0 Å². The van der Waals surface area contributed by atoms with Gasteiger partial charge in [-0.3, -0.25) is 4.90 Å². The maximum Gasteiger partial charge on any atom is 0.127 e. The maximum absolute atomic E-state index is 5.40. The summed E-state index contributed by atoms with van der Waals surface area (Å²) in [4.78, 5) is 6.98. The first-order chi connectivity index (χ1) is 11.3. The van der Waals surface area contributed by atoms with Gasteiger partial charge >= 0.3 is 0 Å². The van der Waals surface area contributed by atoms with Crippen LogP contribution in [0.4, 0.5) is 0 Å². The molecule has 1 N–H and O–H groups in total. The number of halogens is 1. The lowest BCUT2D eigenvalue weighted by Gasteiger charge is -2.34. The predicted octanol–water partition coefficient (Wildman–Crippen LogP) is 2.51. The van der Waals surface area contributed by atoms with Crippen molar-refractivity contribution in [2.24, 2.45) is 7.05 Å². The van der Waals surface area contributed by atoms with Crippen molar-refractivity contribution in [3.05, 3.63) is 54.1 Å². The van der Waals surface area contributed by atoms with Crippen LogP contribution in [0.5, 0.6) is 5.75 Å². The number of para-hydroxylation sites is 1. The van der Waals surface area contributed by atoms with Gasteiger partial charge in [0.05, 0.1) is 13.2 Å². The Morgan fingerprint density at radius 1 is 1.38 bits per heavy atom. The summed E-state index contributed by atoms with van der Waals surface area (Å²) in [6.45, 7) is 3.88. The number of aryl methyl sites for hydroxylation is 1. The van der Waals surface area contributed by atoms with Gasteiger partial charge < -0.3 is 14.6 Å². The zero-order chi connectivity index (χ0) is 16.1. The zero-order valence-electron chi connectivity index (χ0n) is 14.2. The normalized spacial score (nSPS) is 18.5. The van der Waals surface area contributed by atoms with Gasteiger partial charge in [0.1, 0.15) is 11.6 Å². The fraction of sp³-hybridized carbons (Fsp3) is 0.389. The molecule has 0 radical (unpaired) electrons. The summed E-state index contributed by atoms with van der Waals surface area (Å²) >= 11 is 0. The van der Waals surface area contributed by atoms with Gasteiger partial charge in [-0.15, -0.1) is 12.4 Å². The summed E-state index contributed by atoms with van der Waals surface area (Å²) < 4.78 is 7.50. The van der Waals surface area contributed by atoms with Gasteiger partial charge in [0.25, 0.3) is 0 Å². The van der Waals surface area contributed by atoms with Crippen LogP contribution >= 0.6 is 12.4 Å². The summed E-state index contributed by atoms with van der Waals surface area (Å²) in [5, 5.41) is 3.47. The first-order valence-electron chi connectivity index (χ1n) is 8.01. The van der Waals surface area contributed by atoms with E-state index < -0.39 is 0 Å². The summed E-state index contributed by atoms with van der Waals surface area (Å²) in [5.74, 6) is 2.02. The van der Waals surface area contributed by atoms with Crippen LogP contribution in [0.3, 0.4) is 0 Å². The molecule has 0 saturated carbocycles. The molecule has 130 valence electrons. The van der Waals surface area contributed by atoms with E-state index in [-0.39, 0.29) is 12.4 Å². The summed E-state index contributed by atoms with van der Waals surface area (Å²) in [7, 11) is 3.76. The minimum atomic E-state index is 0. The molecule has 1 saturated heterocycles. The van der Waals surface area contributed by atoms with Crippen LogP contribution in [0.15, 0.2) is 42.7 Å². The van der Waals surface area contributed by atoms with Gasteiger partial charge in [-0.2, -0.15) is 0 Å². The van der Waals surface area contributed by atoms with Crippen molar-refractivity contribution in [1.82, 2.24) is 19.8 Å². The highest BCUT2D eigenvalue weighted by molar-refractivity contribution is 5.85. The van der Waals surface area contributed by atoms with Crippen LogP contribution < -0.4 is 10.1 Å². The minimum absolute atomic E-state index is 0. The Bertz CT molecular complexity index is 671. The summed E-state index contributed by atoms with van der Waals surface area (Å²) in [5.41, 5.74) is 1.11. The van der Waals surface area contributed by atoms with Gasteiger partial charge in [-0.05, 0) is 6.07 Å². The van der Waals surface area contributed by atoms with E-state index in [2.05, 4.69) is 45.0 Å². The second-order valence-corrected chi connectivity index (χ2v) is 5.76. The Hall–Kier alpha value is -1.82. The van der Waals surface area contributed by atoms with E-state index in [1.165, 1.54) is 0 Å². The molecule has 0 amide bonds. The fourth-order valence-electron chi connectivity index (χ4n) is 3.04. The third kappa shape index (κ3) is 4.17. The van der Waals surface area contributed by atoms with E-state index in [0.29, 0.717) is 6.04 Å². The van der Waals surface area contributed by atoms with Gasteiger partial charge in [0, 0.05) is 51.2 Å². The monoisotopic (exact) mass is 348 g/mol. The third-order valence-corrected chi connectivity index (χ3v) is 4.29. The van der Waals surface area contributed by atoms with Crippen LogP contribution in [0.25, 0.3) is 6.08 Å². The lowest BCUT2D eigenvalue weighted by molar-refractivity contribution is 0.170. The zero-order valence-corrected chi connectivity index (χ0v) is 15.0. The molecular formula is C18H25ClN4O. The number of piperazine rings is 1. The lowest BCUT2D eigenvalue weighted by Crippen LogP contribution is -2.46. The molecule has 1 aromatic carbocycles. The second kappa shape index (κ2) is 8.87. The van der Waals surface area contributed by atoms with E-state index in [4.69, 9.17) is 4.74 Å². The third-order valence-electron chi connectivity index (χ3n) is 4.29. The lowest BCUT2D eigenvalue weighted by atomic mass is 10.1. The van der Waals surface area contributed by atoms with Crippen molar-refractivity contribution >= 4 is 18.5 Å². The molecule has 0 aliphatic carbocycles. The van der Waals surface area contributed by atoms with Crippen LogP contribution in [-0.2, 0) is 7.05 Å². The molecule has 1 fully saturated rings. The van der Waals surface area contributed by atoms with Crippen molar-refractivity contribution in [1.29, 1.82) is 0 Å². The minimum Gasteiger partial charge on any atom is -0.496 e. The van der Waals surface area contributed by atoms with Crippen LogP contribution in [0.2, 0.25) is 0 Å². The first kappa shape index (κ1) is 18.5. The molecule has 0 spiro atoms. The number of rotatable bonds is 5. The molecule has 1 unspecified atom stereocenters. The van der Waals surface area contributed by atoms with E-state index in [0.717, 1.165) is 43.3 Å². The van der Waals surface area contributed by atoms with E-state index in [1.54, 1.807) is 7.11 Å². The highest BCUT2D eigenvalue weighted by atomic mass is 35.5. The highest BCUT2D eigenvalue weighted by Gasteiger charge is 2.25. The van der Waals surface area contributed by atoms with Crippen LogP contribution in [0, 0.1) is 0 Å². The number of benzene rings is 1. The van der Waals surface area contributed by atoms with Gasteiger partial charge in [-0.1, -0.05) is 30.4 Å². The molecule has 1 aromatic heterocycles.